The van der Waals surface area contributed by atoms with Crippen LogP contribution in [0.1, 0.15) is 38.2 Å². The predicted octanol–water partition coefficient (Wildman–Crippen LogP) is 3.36. The minimum atomic E-state index is -0.237. The van der Waals surface area contributed by atoms with Gasteiger partial charge in [0, 0.05) is 6.54 Å². The lowest BCUT2D eigenvalue weighted by molar-refractivity contribution is -0.117. The van der Waals surface area contributed by atoms with E-state index in [-0.39, 0.29) is 11.8 Å². The Labute approximate surface area is 128 Å². The first-order valence-corrected chi connectivity index (χ1v) is 7.49. The summed E-state index contributed by atoms with van der Waals surface area (Å²) in [5.74, 6) is 0.338. The maximum absolute atomic E-state index is 12.3. The molecule has 1 rings (SSSR count). The first-order valence-electron chi connectivity index (χ1n) is 7.49. The van der Waals surface area contributed by atoms with Gasteiger partial charge in [-0.05, 0) is 24.1 Å². The molecule has 2 unspecified atom stereocenters. The molecule has 1 aromatic carbocycles. The van der Waals surface area contributed by atoms with Crippen LogP contribution in [0, 0.1) is 0 Å². The van der Waals surface area contributed by atoms with E-state index in [0.717, 1.165) is 12.8 Å². The maximum Gasteiger partial charge on any atom is 0.200 e. The van der Waals surface area contributed by atoms with Gasteiger partial charge in [-0.25, -0.2) is 0 Å². The first kappa shape index (κ1) is 17.0. The summed E-state index contributed by atoms with van der Waals surface area (Å²) in [7, 11) is 0. The number of carbonyl (C=O) groups excluding carboxylic acids is 1. The standard InChI is InChI=1S/C18H26N2O/c1-5-10-17(19-6-2)18(21)15(4)20-13-14(3)16-11-8-7-9-12-16/h6-9,11-12,14,17,19-20H,2,4-5,10,13H2,1,3H3. The van der Waals surface area contributed by atoms with Crippen molar-refractivity contribution in [3.63, 3.8) is 0 Å². The molecule has 0 saturated heterocycles. The number of Topliss-reactive ketones (excluding diaryl/α,β-unsaturated/α-hetero) is 1. The van der Waals surface area contributed by atoms with Gasteiger partial charge in [0.2, 0.25) is 0 Å². The molecule has 114 valence electrons. The van der Waals surface area contributed by atoms with E-state index in [9.17, 15) is 4.79 Å². The molecule has 0 spiro atoms. The lowest BCUT2D eigenvalue weighted by Gasteiger charge is -2.19. The van der Waals surface area contributed by atoms with Crippen molar-refractivity contribution in [2.24, 2.45) is 0 Å². The van der Waals surface area contributed by atoms with Gasteiger partial charge in [-0.3, -0.25) is 4.79 Å². The molecule has 0 aliphatic heterocycles. The van der Waals surface area contributed by atoms with Crippen LogP contribution >= 0.6 is 0 Å². The Morgan fingerprint density at radius 1 is 1.33 bits per heavy atom. The Kier molecular flexibility index (Phi) is 7.30. The zero-order valence-corrected chi connectivity index (χ0v) is 13.1. The molecule has 0 saturated carbocycles. The Bertz CT molecular complexity index is 467. The van der Waals surface area contributed by atoms with E-state index in [4.69, 9.17) is 0 Å². The summed E-state index contributed by atoms with van der Waals surface area (Å²) in [4.78, 5) is 12.3. The van der Waals surface area contributed by atoms with E-state index in [0.29, 0.717) is 18.2 Å². The highest BCUT2D eigenvalue weighted by Crippen LogP contribution is 2.14. The quantitative estimate of drug-likeness (QED) is 0.648. The van der Waals surface area contributed by atoms with Crippen molar-refractivity contribution >= 4 is 5.78 Å². The number of nitrogens with one attached hydrogen (secondary N) is 2. The Hall–Kier alpha value is -2.03. The highest BCUT2D eigenvalue weighted by atomic mass is 16.1. The molecule has 0 fully saturated rings. The van der Waals surface area contributed by atoms with Gasteiger partial charge in [0.25, 0.3) is 0 Å². The van der Waals surface area contributed by atoms with E-state index in [1.165, 1.54) is 5.56 Å². The lowest BCUT2D eigenvalue weighted by atomic mass is 10.0. The van der Waals surface area contributed by atoms with Gasteiger partial charge in [-0.2, -0.15) is 0 Å². The Balaban J connectivity index is 2.52. The van der Waals surface area contributed by atoms with Crippen LogP contribution in [-0.4, -0.2) is 18.4 Å². The second kappa shape index (κ2) is 9.01. The molecule has 0 aliphatic rings. The highest BCUT2D eigenvalue weighted by Gasteiger charge is 2.19. The molecule has 2 N–H and O–H groups in total. The third-order valence-corrected chi connectivity index (χ3v) is 3.50. The van der Waals surface area contributed by atoms with Crippen molar-refractivity contribution in [1.82, 2.24) is 10.6 Å². The van der Waals surface area contributed by atoms with Gasteiger partial charge >= 0.3 is 0 Å². The molecule has 0 aliphatic carbocycles. The van der Waals surface area contributed by atoms with Crippen molar-refractivity contribution in [2.75, 3.05) is 6.54 Å². The van der Waals surface area contributed by atoms with Crippen LogP contribution in [0.15, 0.2) is 55.4 Å². The van der Waals surface area contributed by atoms with E-state index >= 15 is 0 Å². The summed E-state index contributed by atoms with van der Waals surface area (Å²) < 4.78 is 0. The van der Waals surface area contributed by atoms with Gasteiger partial charge in [0.15, 0.2) is 5.78 Å². The third-order valence-electron chi connectivity index (χ3n) is 3.50. The second-order valence-corrected chi connectivity index (χ2v) is 5.25. The Morgan fingerprint density at radius 2 is 2.00 bits per heavy atom. The molecule has 0 heterocycles. The van der Waals surface area contributed by atoms with E-state index in [1.807, 2.05) is 18.2 Å². The number of hydrogen-bond donors (Lipinski definition) is 2. The summed E-state index contributed by atoms with van der Waals surface area (Å²) >= 11 is 0. The average molecular weight is 286 g/mol. The number of carbonyl (C=O) groups is 1. The summed E-state index contributed by atoms with van der Waals surface area (Å²) in [6, 6.07) is 10.0. The fourth-order valence-corrected chi connectivity index (χ4v) is 2.19. The minimum absolute atomic E-state index is 0.0111. The van der Waals surface area contributed by atoms with E-state index in [1.54, 1.807) is 6.20 Å². The maximum atomic E-state index is 12.3. The number of ketones is 1. The monoisotopic (exact) mass is 286 g/mol. The smallest absolute Gasteiger partial charge is 0.200 e. The fraction of sp³-hybridized carbons (Fsp3) is 0.389. The predicted molar refractivity (Wildman–Crippen MR) is 89.0 cm³/mol. The number of rotatable bonds is 10. The Morgan fingerprint density at radius 3 is 2.57 bits per heavy atom. The zero-order valence-electron chi connectivity index (χ0n) is 13.1. The molecule has 21 heavy (non-hydrogen) atoms. The van der Waals surface area contributed by atoms with E-state index in [2.05, 4.69) is 49.8 Å². The van der Waals surface area contributed by atoms with Gasteiger partial charge < -0.3 is 10.6 Å². The van der Waals surface area contributed by atoms with Gasteiger partial charge in [-0.15, -0.1) is 0 Å². The van der Waals surface area contributed by atoms with Crippen molar-refractivity contribution in [2.45, 2.75) is 38.6 Å². The molecular weight excluding hydrogens is 260 g/mol. The van der Waals surface area contributed by atoms with Crippen molar-refractivity contribution in [3.8, 4) is 0 Å². The van der Waals surface area contributed by atoms with Crippen LogP contribution in [0.2, 0.25) is 0 Å². The normalized spacial score (nSPS) is 13.0. The fourth-order valence-electron chi connectivity index (χ4n) is 2.19. The van der Waals surface area contributed by atoms with Gasteiger partial charge in [0.1, 0.15) is 0 Å². The molecule has 0 bridgehead atoms. The van der Waals surface area contributed by atoms with Crippen molar-refractivity contribution in [1.29, 1.82) is 0 Å². The van der Waals surface area contributed by atoms with Crippen LogP contribution in [0.5, 0.6) is 0 Å². The van der Waals surface area contributed by atoms with E-state index < -0.39 is 0 Å². The average Bonchev–Trinajstić information content (AvgIpc) is 2.52. The molecule has 1 aromatic rings. The molecule has 0 aromatic heterocycles. The molecule has 2 atom stereocenters. The van der Waals surface area contributed by atoms with Crippen molar-refractivity contribution < 1.29 is 4.79 Å². The van der Waals surface area contributed by atoms with Gasteiger partial charge in [0.05, 0.1) is 11.7 Å². The summed E-state index contributed by atoms with van der Waals surface area (Å²) in [5, 5.41) is 6.16. The molecule has 0 amide bonds. The minimum Gasteiger partial charge on any atom is -0.382 e. The van der Waals surface area contributed by atoms with Crippen LogP contribution < -0.4 is 10.6 Å². The molecular formula is C18H26N2O. The van der Waals surface area contributed by atoms with Crippen molar-refractivity contribution in [3.05, 3.63) is 61.0 Å². The SMILES string of the molecule is C=CNC(CCC)C(=O)C(=C)NCC(C)c1ccccc1. The summed E-state index contributed by atoms with van der Waals surface area (Å²) in [6.07, 6.45) is 3.28. The zero-order chi connectivity index (χ0) is 15.7. The molecule has 3 heteroatoms. The topological polar surface area (TPSA) is 41.1 Å². The number of benzene rings is 1. The van der Waals surface area contributed by atoms with Crippen LogP contribution in [0.4, 0.5) is 0 Å². The largest absolute Gasteiger partial charge is 0.382 e. The van der Waals surface area contributed by atoms with Crippen LogP contribution in [-0.2, 0) is 4.79 Å². The van der Waals surface area contributed by atoms with Crippen LogP contribution in [0.25, 0.3) is 0 Å². The summed E-state index contributed by atoms with van der Waals surface area (Å²) in [5.41, 5.74) is 1.71. The molecule has 3 nitrogen and oxygen atoms in total. The second-order valence-electron chi connectivity index (χ2n) is 5.25. The first-order chi connectivity index (χ1) is 10.1. The third kappa shape index (κ3) is 5.46. The van der Waals surface area contributed by atoms with Crippen LogP contribution in [0.3, 0.4) is 0 Å². The molecule has 0 radical (unpaired) electrons. The highest BCUT2D eigenvalue weighted by molar-refractivity contribution is 5.98. The lowest BCUT2D eigenvalue weighted by Crippen LogP contribution is -2.38. The summed E-state index contributed by atoms with van der Waals surface area (Å²) in [6.45, 7) is 12.4. The van der Waals surface area contributed by atoms with Gasteiger partial charge in [-0.1, -0.05) is 63.8 Å². The number of hydrogen-bond acceptors (Lipinski definition) is 3.